The Bertz CT molecular complexity index is 1160. The van der Waals surface area contributed by atoms with Crippen LogP contribution in [0.2, 0.25) is 0 Å². The van der Waals surface area contributed by atoms with Crippen molar-refractivity contribution in [2.24, 2.45) is 16.6 Å². The van der Waals surface area contributed by atoms with Gasteiger partial charge in [0.05, 0.1) is 11.4 Å². The molecule has 1 heterocycles. The number of pyridine rings is 1. The Morgan fingerprint density at radius 1 is 1.23 bits per heavy atom. The van der Waals surface area contributed by atoms with Gasteiger partial charge in [-0.3, -0.25) is 14.3 Å². The number of aromatic nitrogens is 1. The first-order valence-electron chi connectivity index (χ1n) is 8.99. The SMILES string of the molecule is Cc1c(I)cccc1S(=O)(=O)Nc1ccc(C)n(CC(=O)NCCON=C(N)N)c1=O. The van der Waals surface area contributed by atoms with E-state index in [0.717, 1.165) is 3.57 Å². The van der Waals surface area contributed by atoms with Crippen LogP contribution in [0.15, 0.2) is 45.2 Å². The lowest BCUT2D eigenvalue weighted by molar-refractivity contribution is -0.122. The fourth-order valence-electron chi connectivity index (χ4n) is 2.58. The molecule has 13 heteroatoms. The smallest absolute Gasteiger partial charge is 0.275 e. The largest absolute Gasteiger partial charge is 0.391 e. The van der Waals surface area contributed by atoms with Crippen LogP contribution in [-0.2, 0) is 26.2 Å². The second-order valence-electron chi connectivity index (χ2n) is 6.45. The summed E-state index contributed by atoms with van der Waals surface area (Å²) < 4.78 is 29.9. The van der Waals surface area contributed by atoms with Crippen LogP contribution in [-0.4, -0.2) is 38.0 Å². The van der Waals surface area contributed by atoms with Crippen molar-refractivity contribution >= 4 is 50.2 Å². The molecule has 168 valence electrons. The molecule has 31 heavy (non-hydrogen) atoms. The summed E-state index contributed by atoms with van der Waals surface area (Å²) in [6, 6.07) is 7.79. The summed E-state index contributed by atoms with van der Waals surface area (Å²) in [6.07, 6.45) is 0. The van der Waals surface area contributed by atoms with Crippen molar-refractivity contribution in [1.29, 1.82) is 0 Å². The minimum atomic E-state index is -3.99. The second kappa shape index (κ2) is 10.5. The van der Waals surface area contributed by atoms with Gasteiger partial charge in [0.15, 0.2) is 0 Å². The first-order chi connectivity index (χ1) is 14.5. The third-order valence-electron chi connectivity index (χ3n) is 4.13. The summed E-state index contributed by atoms with van der Waals surface area (Å²) in [4.78, 5) is 29.8. The molecule has 0 saturated heterocycles. The van der Waals surface area contributed by atoms with Gasteiger partial charge in [-0.1, -0.05) is 6.07 Å². The van der Waals surface area contributed by atoms with Crippen LogP contribution in [0.5, 0.6) is 0 Å². The minimum Gasteiger partial charge on any atom is -0.391 e. The quantitative estimate of drug-likeness (QED) is 0.111. The number of benzene rings is 1. The summed E-state index contributed by atoms with van der Waals surface area (Å²) >= 11 is 2.04. The zero-order chi connectivity index (χ0) is 23.2. The molecular weight excluding hydrogens is 539 g/mol. The number of oxime groups is 1. The molecule has 0 aliphatic heterocycles. The number of sulfonamides is 1. The monoisotopic (exact) mass is 562 g/mol. The standard InChI is InChI=1S/C18H23IN6O5S/c1-11-6-7-14(24-31(28,29)15-5-3-4-13(19)12(15)2)17(27)25(11)10-16(26)22-8-9-30-23-18(20)21/h3-7,24H,8-10H2,1-2H3,(H,22,26)(H4,20,21,23). The first kappa shape index (κ1) is 24.5. The van der Waals surface area contributed by atoms with Crippen LogP contribution in [0, 0.1) is 17.4 Å². The van der Waals surface area contributed by atoms with Gasteiger partial charge in [-0.15, -0.1) is 0 Å². The number of anilines is 1. The van der Waals surface area contributed by atoms with Gasteiger partial charge in [0.1, 0.15) is 18.8 Å². The Morgan fingerprint density at radius 3 is 2.61 bits per heavy atom. The summed E-state index contributed by atoms with van der Waals surface area (Å²) in [6.45, 7) is 3.17. The molecule has 0 aliphatic rings. The Labute approximate surface area is 193 Å². The minimum absolute atomic E-state index is 0.0343. The summed E-state index contributed by atoms with van der Waals surface area (Å²) in [5.74, 6) is -0.708. The number of hydrogen-bond donors (Lipinski definition) is 4. The van der Waals surface area contributed by atoms with Gasteiger partial charge in [-0.05, 0) is 71.4 Å². The second-order valence-corrected chi connectivity index (χ2v) is 9.26. The molecule has 1 aromatic carbocycles. The average molecular weight is 562 g/mol. The number of halogens is 1. The van der Waals surface area contributed by atoms with Crippen LogP contribution in [0.1, 0.15) is 11.3 Å². The highest BCUT2D eigenvalue weighted by Crippen LogP contribution is 2.22. The first-order valence-corrected chi connectivity index (χ1v) is 11.5. The Hall–Kier alpha value is -2.81. The van der Waals surface area contributed by atoms with Crippen molar-refractivity contribution in [3.8, 4) is 0 Å². The maximum atomic E-state index is 12.8. The molecule has 0 fully saturated rings. The molecular formula is C18H23IN6O5S. The van der Waals surface area contributed by atoms with Gasteiger partial charge in [-0.2, -0.15) is 0 Å². The lowest BCUT2D eigenvalue weighted by Gasteiger charge is -2.14. The van der Waals surface area contributed by atoms with E-state index in [1.807, 2.05) is 22.6 Å². The maximum absolute atomic E-state index is 12.8. The number of nitrogens with one attached hydrogen (secondary N) is 2. The number of aryl methyl sites for hydroxylation is 1. The molecule has 0 bridgehead atoms. The number of nitrogens with two attached hydrogens (primary N) is 2. The lowest BCUT2D eigenvalue weighted by Crippen LogP contribution is -2.36. The van der Waals surface area contributed by atoms with E-state index < -0.39 is 21.5 Å². The van der Waals surface area contributed by atoms with Crippen molar-refractivity contribution in [2.45, 2.75) is 25.3 Å². The van der Waals surface area contributed by atoms with Gasteiger partial charge in [0.2, 0.25) is 11.9 Å². The van der Waals surface area contributed by atoms with Gasteiger partial charge < -0.3 is 26.2 Å². The molecule has 0 saturated carbocycles. The van der Waals surface area contributed by atoms with Crippen LogP contribution in [0.4, 0.5) is 5.69 Å². The highest BCUT2D eigenvalue weighted by atomic mass is 127. The number of carbonyl (C=O) groups is 1. The van der Waals surface area contributed by atoms with E-state index in [1.165, 1.54) is 16.7 Å². The van der Waals surface area contributed by atoms with Crippen molar-refractivity contribution in [1.82, 2.24) is 9.88 Å². The topological polar surface area (TPSA) is 171 Å². The van der Waals surface area contributed by atoms with E-state index in [4.69, 9.17) is 16.3 Å². The van der Waals surface area contributed by atoms with Gasteiger partial charge in [-0.25, -0.2) is 8.42 Å². The number of nitrogens with zero attached hydrogens (tertiary/aromatic N) is 2. The van der Waals surface area contributed by atoms with Gasteiger partial charge in [0, 0.05) is 9.26 Å². The Balaban J connectivity index is 2.17. The molecule has 0 atom stereocenters. The highest BCUT2D eigenvalue weighted by Gasteiger charge is 2.20. The third kappa shape index (κ3) is 6.58. The van der Waals surface area contributed by atoms with Crippen LogP contribution < -0.4 is 27.1 Å². The third-order valence-corrected chi connectivity index (χ3v) is 6.81. The number of rotatable bonds is 9. The number of amides is 1. The van der Waals surface area contributed by atoms with Crippen molar-refractivity contribution < 1.29 is 18.0 Å². The van der Waals surface area contributed by atoms with Crippen molar-refractivity contribution in [3.63, 3.8) is 0 Å². The Kier molecular flexibility index (Phi) is 8.27. The van der Waals surface area contributed by atoms with Gasteiger partial charge in [0.25, 0.3) is 15.6 Å². The van der Waals surface area contributed by atoms with E-state index in [0.29, 0.717) is 11.3 Å². The molecule has 0 unspecified atom stereocenters. The molecule has 11 nitrogen and oxygen atoms in total. The molecule has 6 N–H and O–H groups in total. The predicted molar refractivity (Wildman–Crippen MR) is 125 cm³/mol. The van der Waals surface area contributed by atoms with Crippen molar-refractivity contribution in [2.75, 3.05) is 17.9 Å². The summed E-state index contributed by atoms with van der Waals surface area (Å²) in [5, 5.41) is 5.87. The molecule has 0 aliphatic carbocycles. The molecule has 0 radical (unpaired) electrons. The fraction of sp³-hybridized carbons (Fsp3) is 0.278. The summed E-state index contributed by atoms with van der Waals surface area (Å²) in [5.41, 5.74) is 10.5. The molecule has 1 amide bonds. The number of hydrogen-bond acceptors (Lipinski definition) is 6. The van der Waals surface area contributed by atoms with Crippen LogP contribution in [0.25, 0.3) is 0 Å². The number of guanidine groups is 1. The number of carbonyl (C=O) groups excluding carboxylic acids is 1. The maximum Gasteiger partial charge on any atom is 0.275 e. The molecule has 1 aromatic heterocycles. The van der Waals surface area contributed by atoms with E-state index >= 15 is 0 Å². The Morgan fingerprint density at radius 2 is 1.94 bits per heavy atom. The zero-order valence-electron chi connectivity index (χ0n) is 16.9. The van der Waals surface area contributed by atoms with E-state index in [9.17, 15) is 18.0 Å². The fourth-order valence-corrected chi connectivity index (χ4v) is 4.59. The molecule has 2 aromatic rings. The van der Waals surface area contributed by atoms with E-state index in [1.54, 1.807) is 32.0 Å². The van der Waals surface area contributed by atoms with Crippen molar-refractivity contribution in [3.05, 3.63) is 55.5 Å². The van der Waals surface area contributed by atoms with Gasteiger partial charge >= 0.3 is 0 Å². The summed E-state index contributed by atoms with van der Waals surface area (Å²) in [7, 11) is -3.99. The molecule has 0 spiro atoms. The lowest BCUT2D eigenvalue weighted by atomic mass is 10.2. The van der Waals surface area contributed by atoms with E-state index in [2.05, 4.69) is 15.2 Å². The zero-order valence-corrected chi connectivity index (χ0v) is 19.9. The normalized spacial score (nSPS) is 10.9. The average Bonchev–Trinajstić information content (AvgIpc) is 2.68. The molecule has 2 rings (SSSR count). The predicted octanol–water partition coefficient (Wildman–Crippen LogP) is 0.192. The van der Waals surface area contributed by atoms with Crippen LogP contribution >= 0.6 is 22.6 Å². The van der Waals surface area contributed by atoms with Crippen LogP contribution in [0.3, 0.4) is 0 Å². The van der Waals surface area contributed by atoms with E-state index in [-0.39, 0.29) is 36.2 Å². The highest BCUT2D eigenvalue weighted by molar-refractivity contribution is 14.1.